The summed E-state index contributed by atoms with van der Waals surface area (Å²) in [6.07, 6.45) is 2.19. The van der Waals surface area contributed by atoms with E-state index in [0.29, 0.717) is 0 Å². The molecule has 1 aliphatic rings. The second-order valence-corrected chi connectivity index (χ2v) is 6.51. The Morgan fingerprint density at radius 3 is 2.61 bits per heavy atom. The van der Waals surface area contributed by atoms with Crippen LogP contribution in [-0.4, -0.2) is 38.8 Å². The fraction of sp³-hybridized carbons (Fsp3) is 0.611. The van der Waals surface area contributed by atoms with Gasteiger partial charge in [0.05, 0.1) is 26.3 Å². The van der Waals surface area contributed by atoms with Crippen LogP contribution < -0.4 is 19.7 Å². The smallest absolute Gasteiger partial charge is 0.278 e. The summed E-state index contributed by atoms with van der Waals surface area (Å²) in [5.41, 5.74) is 1.16. The van der Waals surface area contributed by atoms with Crippen LogP contribution >= 0.6 is 0 Å². The second kappa shape index (κ2) is 7.68. The number of ether oxygens (including phenoxy) is 2. The Labute approximate surface area is 139 Å². The van der Waals surface area contributed by atoms with Crippen molar-refractivity contribution in [1.29, 1.82) is 0 Å². The minimum Gasteiger partial charge on any atom is -0.497 e. The molecule has 1 aliphatic heterocycles. The van der Waals surface area contributed by atoms with Gasteiger partial charge in [0.2, 0.25) is 0 Å². The van der Waals surface area contributed by atoms with Crippen LogP contribution in [0.2, 0.25) is 0 Å². The molecule has 0 spiro atoms. The van der Waals surface area contributed by atoms with E-state index in [1.165, 1.54) is 4.90 Å². The summed E-state index contributed by atoms with van der Waals surface area (Å²) in [6.45, 7) is 7.01. The molecule has 5 heteroatoms. The van der Waals surface area contributed by atoms with Crippen molar-refractivity contribution in [1.82, 2.24) is 5.32 Å². The molecule has 2 rings (SSSR count). The Hall–Kier alpha value is -1.75. The Morgan fingerprint density at radius 1 is 1.26 bits per heavy atom. The average Bonchev–Trinajstić information content (AvgIpc) is 3.01. The maximum absolute atomic E-state index is 12.4. The van der Waals surface area contributed by atoms with Gasteiger partial charge in [-0.05, 0) is 32.9 Å². The number of carbonyl (C=O) groups is 1. The largest absolute Gasteiger partial charge is 0.497 e. The van der Waals surface area contributed by atoms with Gasteiger partial charge in [-0.25, -0.2) is 0 Å². The van der Waals surface area contributed by atoms with Crippen molar-refractivity contribution >= 4 is 5.91 Å². The maximum atomic E-state index is 12.4. The van der Waals surface area contributed by atoms with Gasteiger partial charge in [0.15, 0.2) is 6.04 Å². The van der Waals surface area contributed by atoms with Crippen LogP contribution in [0.1, 0.15) is 45.2 Å². The fourth-order valence-corrected chi connectivity index (χ4v) is 3.43. The first-order valence-electron chi connectivity index (χ1n) is 8.35. The monoisotopic (exact) mass is 321 g/mol. The first-order valence-corrected chi connectivity index (χ1v) is 8.35. The molecule has 0 aliphatic carbocycles. The van der Waals surface area contributed by atoms with Gasteiger partial charge in [0.1, 0.15) is 17.5 Å². The number of benzene rings is 1. The van der Waals surface area contributed by atoms with E-state index in [0.717, 1.165) is 36.4 Å². The number of hydrogen-bond acceptors (Lipinski definition) is 3. The zero-order valence-corrected chi connectivity index (χ0v) is 14.8. The van der Waals surface area contributed by atoms with Crippen LogP contribution in [0.3, 0.4) is 0 Å². The van der Waals surface area contributed by atoms with Crippen molar-refractivity contribution < 1.29 is 19.2 Å². The van der Waals surface area contributed by atoms with Crippen LogP contribution in [0.4, 0.5) is 0 Å². The number of quaternary nitrogens is 1. The Balaban J connectivity index is 2.23. The first-order chi connectivity index (χ1) is 11.0. The highest BCUT2D eigenvalue weighted by atomic mass is 16.5. The van der Waals surface area contributed by atoms with Crippen molar-refractivity contribution in [3.8, 4) is 11.5 Å². The fourth-order valence-electron chi connectivity index (χ4n) is 3.43. The van der Waals surface area contributed by atoms with Gasteiger partial charge in [0, 0.05) is 24.9 Å². The number of carbonyl (C=O) groups excluding carboxylic acids is 1. The van der Waals surface area contributed by atoms with E-state index in [1.807, 2.05) is 32.9 Å². The molecule has 0 bridgehead atoms. The lowest BCUT2D eigenvalue weighted by atomic mass is 10.0. The van der Waals surface area contributed by atoms with Gasteiger partial charge in [-0.3, -0.25) is 4.79 Å². The molecule has 5 nitrogen and oxygen atoms in total. The van der Waals surface area contributed by atoms with Gasteiger partial charge in [-0.1, -0.05) is 0 Å². The predicted molar refractivity (Wildman–Crippen MR) is 90.1 cm³/mol. The van der Waals surface area contributed by atoms with Crippen molar-refractivity contribution in [3.63, 3.8) is 0 Å². The normalized spacial score (nSPS) is 22.0. The molecule has 128 valence electrons. The summed E-state index contributed by atoms with van der Waals surface area (Å²) in [7, 11) is 3.34. The predicted octanol–water partition coefficient (Wildman–Crippen LogP) is 1.34. The van der Waals surface area contributed by atoms with Gasteiger partial charge < -0.3 is 19.7 Å². The first kappa shape index (κ1) is 17.6. The summed E-state index contributed by atoms with van der Waals surface area (Å²) in [6, 6.07) is 6.33. The Bertz CT molecular complexity index is 545. The number of hydrogen-bond donors (Lipinski definition) is 2. The highest BCUT2D eigenvalue weighted by molar-refractivity contribution is 5.80. The van der Waals surface area contributed by atoms with Crippen molar-refractivity contribution in [2.24, 2.45) is 0 Å². The molecular weight excluding hydrogens is 292 g/mol. The molecule has 3 atom stereocenters. The SMILES string of the molecule is COc1ccc([C@H]2CCC[NH+]2[C@@H](C)C(=O)NC(C)C)c(OC)c1. The third-order valence-corrected chi connectivity index (χ3v) is 4.60. The minimum absolute atomic E-state index is 0.0725. The Kier molecular flexibility index (Phi) is 5.88. The molecule has 2 N–H and O–H groups in total. The molecule has 1 aromatic rings. The van der Waals surface area contributed by atoms with E-state index in [9.17, 15) is 4.79 Å². The second-order valence-electron chi connectivity index (χ2n) is 6.51. The molecule has 0 radical (unpaired) electrons. The maximum Gasteiger partial charge on any atom is 0.278 e. The van der Waals surface area contributed by atoms with Crippen LogP contribution in [-0.2, 0) is 4.79 Å². The zero-order chi connectivity index (χ0) is 17.0. The van der Waals surface area contributed by atoms with E-state index in [4.69, 9.17) is 9.47 Å². The Morgan fingerprint density at radius 2 is 2.00 bits per heavy atom. The zero-order valence-electron chi connectivity index (χ0n) is 14.8. The summed E-state index contributed by atoms with van der Waals surface area (Å²) >= 11 is 0. The number of likely N-dealkylation sites (tertiary alicyclic amines) is 1. The van der Waals surface area contributed by atoms with E-state index >= 15 is 0 Å². The molecule has 0 saturated carbocycles. The summed E-state index contributed by atoms with van der Waals surface area (Å²) in [4.78, 5) is 13.7. The third-order valence-electron chi connectivity index (χ3n) is 4.60. The average molecular weight is 321 g/mol. The lowest BCUT2D eigenvalue weighted by Gasteiger charge is -2.28. The highest BCUT2D eigenvalue weighted by Gasteiger charge is 2.38. The van der Waals surface area contributed by atoms with Gasteiger partial charge in [-0.2, -0.15) is 0 Å². The quantitative estimate of drug-likeness (QED) is 0.831. The molecular formula is C18H29N2O3+. The molecule has 1 amide bonds. The van der Waals surface area contributed by atoms with E-state index in [-0.39, 0.29) is 24.0 Å². The van der Waals surface area contributed by atoms with E-state index in [1.54, 1.807) is 14.2 Å². The number of amides is 1. The van der Waals surface area contributed by atoms with Crippen LogP contribution in [0, 0.1) is 0 Å². The van der Waals surface area contributed by atoms with E-state index in [2.05, 4.69) is 11.4 Å². The summed E-state index contributed by atoms with van der Waals surface area (Å²) < 4.78 is 10.8. The number of methoxy groups -OCH3 is 2. The number of rotatable bonds is 6. The van der Waals surface area contributed by atoms with Crippen molar-refractivity contribution in [3.05, 3.63) is 23.8 Å². The molecule has 1 fully saturated rings. The van der Waals surface area contributed by atoms with Crippen molar-refractivity contribution in [2.45, 2.75) is 51.7 Å². The highest BCUT2D eigenvalue weighted by Crippen LogP contribution is 2.31. The van der Waals surface area contributed by atoms with Gasteiger partial charge >= 0.3 is 0 Å². The molecule has 23 heavy (non-hydrogen) atoms. The minimum atomic E-state index is -0.0725. The number of nitrogens with one attached hydrogen (secondary N) is 2. The standard InChI is InChI=1S/C18H28N2O3/c1-12(2)19-18(21)13(3)20-10-6-7-16(20)15-9-8-14(22-4)11-17(15)23-5/h8-9,11-13,16H,6-7,10H2,1-5H3,(H,19,21)/p+1/t13-,16+/m0/s1. The topological polar surface area (TPSA) is 52.0 Å². The van der Waals surface area contributed by atoms with Gasteiger partial charge in [-0.15, -0.1) is 0 Å². The third kappa shape index (κ3) is 3.96. The molecule has 1 aromatic carbocycles. The lowest BCUT2D eigenvalue weighted by Crippen LogP contribution is -3.15. The van der Waals surface area contributed by atoms with Gasteiger partial charge in [0.25, 0.3) is 5.91 Å². The molecule has 1 unspecified atom stereocenters. The summed E-state index contributed by atoms with van der Waals surface area (Å²) in [5.74, 6) is 1.75. The van der Waals surface area contributed by atoms with E-state index < -0.39 is 0 Å². The molecule has 1 heterocycles. The lowest BCUT2D eigenvalue weighted by molar-refractivity contribution is -0.932. The molecule has 0 aromatic heterocycles. The van der Waals surface area contributed by atoms with Crippen LogP contribution in [0.5, 0.6) is 11.5 Å². The van der Waals surface area contributed by atoms with Crippen LogP contribution in [0.25, 0.3) is 0 Å². The van der Waals surface area contributed by atoms with Crippen molar-refractivity contribution in [2.75, 3.05) is 20.8 Å². The molecule has 1 saturated heterocycles. The van der Waals surface area contributed by atoms with Crippen LogP contribution in [0.15, 0.2) is 18.2 Å². The summed E-state index contributed by atoms with van der Waals surface area (Å²) in [5, 5.41) is 3.03.